The van der Waals surface area contributed by atoms with Gasteiger partial charge in [0.1, 0.15) is 0 Å². The van der Waals surface area contributed by atoms with Crippen molar-refractivity contribution in [1.29, 1.82) is 0 Å². The zero-order valence-corrected chi connectivity index (χ0v) is 11.9. The summed E-state index contributed by atoms with van der Waals surface area (Å²) >= 11 is 12.4. The van der Waals surface area contributed by atoms with Crippen molar-refractivity contribution in [3.8, 4) is 0 Å². The second kappa shape index (κ2) is 5.49. The van der Waals surface area contributed by atoms with Crippen LogP contribution in [0, 0.1) is 12.8 Å². The lowest BCUT2D eigenvalue weighted by atomic mass is 10.1. The molecule has 1 nitrogen and oxygen atoms in total. The molecule has 1 aliphatic carbocycles. The van der Waals surface area contributed by atoms with E-state index < -0.39 is 0 Å². The summed E-state index contributed by atoms with van der Waals surface area (Å²) in [6.07, 6.45) is 5.09. The lowest BCUT2D eigenvalue weighted by Crippen LogP contribution is -2.15. The lowest BCUT2D eigenvalue weighted by Gasteiger charge is -2.16. The third-order valence-electron chi connectivity index (χ3n) is 3.73. The zero-order chi connectivity index (χ0) is 12.4. The SMILES string of the molecule is CCC1CCC(Nc2cc(Cl)c(C)cc2Cl)C1. The monoisotopic (exact) mass is 271 g/mol. The number of benzene rings is 1. The molecule has 2 unspecified atom stereocenters. The fourth-order valence-corrected chi connectivity index (χ4v) is 2.99. The van der Waals surface area contributed by atoms with E-state index in [0.717, 1.165) is 27.2 Å². The average Bonchev–Trinajstić information content (AvgIpc) is 2.73. The van der Waals surface area contributed by atoms with Gasteiger partial charge in [0.15, 0.2) is 0 Å². The van der Waals surface area contributed by atoms with Gasteiger partial charge >= 0.3 is 0 Å². The molecule has 17 heavy (non-hydrogen) atoms. The first kappa shape index (κ1) is 13.0. The van der Waals surface area contributed by atoms with Gasteiger partial charge in [0.05, 0.1) is 10.7 Å². The molecule has 0 bridgehead atoms. The smallest absolute Gasteiger partial charge is 0.0641 e. The summed E-state index contributed by atoms with van der Waals surface area (Å²) < 4.78 is 0. The maximum absolute atomic E-state index is 6.23. The van der Waals surface area contributed by atoms with Crippen LogP contribution < -0.4 is 5.32 Å². The summed E-state index contributed by atoms with van der Waals surface area (Å²) in [7, 11) is 0. The largest absolute Gasteiger partial charge is 0.381 e. The minimum atomic E-state index is 0.552. The first-order chi connectivity index (χ1) is 8.10. The van der Waals surface area contributed by atoms with E-state index >= 15 is 0 Å². The van der Waals surface area contributed by atoms with Gasteiger partial charge in [0.25, 0.3) is 0 Å². The van der Waals surface area contributed by atoms with Gasteiger partial charge < -0.3 is 5.32 Å². The lowest BCUT2D eigenvalue weighted by molar-refractivity contribution is 0.525. The van der Waals surface area contributed by atoms with Crippen LogP contribution in [0.3, 0.4) is 0 Å². The van der Waals surface area contributed by atoms with Crippen LogP contribution in [0.15, 0.2) is 12.1 Å². The highest BCUT2D eigenvalue weighted by molar-refractivity contribution is 6.35. The number of rotatable bonds is 3. The van der Waals surface area contributed by atoms with Gasteiger partial charge in [-0.15, -0.1) is 0 Å². The Morgan fingerprint density at radius 3 is 2.65 bits per heavy atom. The Labute approximate surface area is 114 Å². The van der Waals surface area contributed by atoms with Crippen LogP contribution in [0.25, 0.3) is 0 Å². The molecule has 0 heterocycles. The highest BCUT2D eigenvalue weighted by Crippen LogP contribution is 2.34. The number of aryl methyl sites for hydroxylation is 1. The maximum atomic E-state index is 6.23. The van der Waals surface area contributed by atoms with Gasteiger partial charge in [0.2, 0.25) is 0 Å². The van der Waals surface area contributed by atoms with Crippen molar-refractivity contribution in [2.45, 2.75) is 45.6 Å². The molecular weight excluding hydrogens is 253 g/mol. The number of halogens is 2. The molecule has 1 aliphatic rings. The first-order valence-corrected chi connectivity index (χ1v) is 7.08. The minimum absolute atomic E-state index is 0.552. The van der Waals surface area contributed by atoms with E-state index in [4.69, 9.17) is 23.2 Å². The fraction of sp³-hybridized carbons (Fsp3) is 0.571. The number of nitrogens with one attached hydrogen (secondary N) is 1. The van der Waals surface area contributed by atoms with Crippen LogP contribution in [0.1, 0.15) is 38.2 Å². The van der Waals surface area contributed by atoms with Gasteiger partial charge in [0, 0.05) is 11.1 Å². The molecule has 0 amide bonds. The summed E-state index contributed by atoms with van der Waals surface area (Å²) in [4.78, 5) is 0. The van der Waals surface area contributed by atoms with Crippen molar-refractivity contribution in [2.24, 2.45) is 5.92 Å². The maximum Gasteiger partial charge on any atom is 0.0641 e. The molecule has 1 fully saturated rings. The van der Waals surface area contributed by atoms with Crippen LogP contribution in [-0.4, -0.2) is 6.04 Å². The number of hydrogen-bond acceptors (Lipinski definition) is 1. The van der Waals surface area contributed by atoms with E-state index in [1.807, 2.05) is 19.1 Å². The third kappa shape index (κ3) is 3.08. The first-order valence-electron chi connectivity index (χ1n) is 6.32. The van der Waals surface area contributed by atoms with Gasteiger partial charge in [-0.25, -0.2) is 0 Å². The van der Waals surface area contributed by atoms with Gasteiger partial charge in [-0.1, -0.05) is 36.5 Å². The molecule has 1 N–H and O–H groups in total. The standard InChI is InChI=1S/C14H19Cl2N/c1-3-10-4-5-11(7-10)17-14-8-12(15)9(2)6-13(14)16/h6,8,10-11,17H,3-5,7H2,1-2H3. The van der Waals surface area contributed by atoms with E-state index in [1.54, 1.807) is 0 Å². The average molecular weight is 272 g/mol. The van der Waals surface area contributed by atoms with E-state index in [9.17, 15) is 0 Å². The summed E-state index contributed by atoms with van der Waals surface area (Å²) in [5, 5.41) is 5.07. The molecule has 0 aromatic heterocycles. The van der Waals surface area contributed by atoms with Gasteiger partial charge in [-0.2, -0.15) is 0 Å². The fourth-order valence-electron chi connectivity index (χ4n) is 2.55. The molecule has 94 valence electrons. The van der Waals surface area contributed by atoms with Crippen molar-refractivity contribution in [2.75, 3.05) is 5.32 Å². The molecule has 0 radical (unpaired) electrons. The Morgan fingerprint density at radius 1 is 1.24 bits per heavy atom. The molecule has 1 aromatic rings. The molecule has 2 atom stereocenters. The third-order valence-corrected chi connectivity index (χ3v) is 4.45. The van der Waals surface area contributed by atoms with Gasteiger partial charge in [-0.05, 0) is 49.8 Å². The Bertz CT molecular complexity index is 403. The molecule has 3 heteroatoms. The highest BCUT2D eigenvalue weighted by Gasteiger charge is 2.23. The Balaban J connectivity index is 2.06. The summed E-state index contributed by atoms with van der Waals surface area (Å²) in [5.41, 5.74) is 2.00. The summed E-state index contributed by atoms with van der Waals surface area (Å²) in [5.74, 6) is 0.868. The van der Waals surface area contributed by atoms with E-state index in [1.165, 1.54) is 25.7 Å². The molecule has 2 rings (SSSR count). The Morgan fingerprint density at radius 2 is 2.00 bits per heavy atom. The number of hydrogen-bond donors (Lipinski definition) is 1. The second-order valence-corrected chi connectivity index (χ2v) is 5.82. The molecule has 1 aromatic carbocycles. The molecule has 0 saturated heterocycles. The van der Waals surface area contributed by atoms with Crippen molar-refractivity contribution >= 4 is 28.9 Å². The van der Waals surface area contributed by atoms with Crippen molar-refractivity contribution < 1.29 is 0 Å². The quantitative estimate of drug-likeness (QED) is 0.788. The minimum Gasteiger partial charge on any atom is -0.381 e. The van der Waals surface area contributed by atoms with Crippen LogP contribution in [0.4, 0.5) is 5.69 Å². The molecular formula is C14H19Cl2N. The van der Waals surface area contributed by atoms with Crippen molar-refractivity contribution in [1.82, 2.24) is 0 Å². The predicted octanol–water partition coefficient (Wildman–Crippen LogP) is 5.29. The Kier molecular flexibility index (Phi) is 4.22. The van der Waals surface area contributed by atoms with Crippen LogP contribution in [0.2, 0.25) is 10.0 Å². The molecule has 1 saturated carbocycles. The molecule has 0 spiro atoms. The van der Waals surface area contributed by atoms with Crippen molar-refractivity contribution in [3.05, 3.63) is 27.7 Å². The van der Waals surface area contributed by atoms with Crippen LogP contribution in [-0.2, 0) is 0 Å². The van der Waals surface area contributed by atoms with Crippen LogP contribution >= 0.6 is 23.2 Å². The van der Waals surface area contributed by atoms with Gasteiger partial charge in [-0.3, -0.25) is 0 Å². The second-order valence-electron chi connectivity index (χ2n) is 5.01. The zero-order valence-electron chi connectivity index (χ0n) is 10.4. The highest BCUT2D eigenvalue weighted by atomic mass is 35.5. The van der Waals surface area contributed by atoms with Crippen LogP contribution in [0.5, 0.6) is 0 Å². The molecule has 0 aliphatic heterocycles. The van der Waals surface area contributed by atoms with E-state index in [2.05, 4.69) is 12.2 Å². The summed E-state index contributed by atoms with van der Waals surface area (Å²) in [6, 6.07) is 4.42. The topological polar surface area (TPSA) is 12.0 Å². The van der Waals surface area contributed by atoms with E-state index in [0.29, 0.717) is 6.04 Å². The predicted molar refractivity (Wildman–Crippen MR) is 76.2 cm³/mol. The van der Waals surface area contributed by atoms with Crippen molar-refractivity contribution in [3.63, 3.8) is 0 Å². The van der Waals surface area contributed by atoms with E-state index in [-0.39, 0.29) is 0 Å². The Hall–Kier alpha value is -0.400. The normalized spacial score (nSPS) is 24.0. The summed E-state index contributed by atoms with van der Waals surface area (Å²) in [6.45, 7) is 4.24. The number of anilines is 1.